The molecule has 0 bridgehead atoms. The standard InChI is InChI=1S/C13H27NO2/c1-4-5-12(8-9-15)10-14-13(16)7-6-11(2)3/h11-12,15H,4-10H2,1-3H3,(H,14,16). The lowest BCUT2D eigenvalue weighted by molar-refractivity contribution is -0.121. The molecule has 16 heavy (non-hydrogen) atoms. The predicted molar refractivity (Wildman–Crippen MR) is 67.2 cm³/mol. The molecule has 2 N–H and O–H groups in total. The van der Waals surface area contributed by atoms with Gasteiger partial charge in [-0.3, -0.25) is 4.79 Å². The lowest BCUT2D eigenvalue weighted by atomic mass is 10.00. The lowest BCUT2D eigenvalue weighted by Gasteiger charge is -2.15. The molecule has 1 amide bonds. The van der Waals surface area contributed by atoms with E-state index in [0.29, 0.717) is 24.8 Å². The molecule has 3 nitrogen and oxygen atoms in total. The first-order valence-electron chi connectivity index (χ1n) is 6.47. The SMILES string of the molecule is CCCC(CCO)CNC(=O)CCC(C)C. The van der Waals surface area contributed by atoms with Crippen LogP contribution < -0.4 is 5.32 Å². The third kappa shape index (κ3) is 8.72. The van der Waals surface area contributed by atoms with E-state index in [-0.39, 0.29) is 12.5 Å². The Bertz CT molecular complexity index is 175. The van der Waals surface area contributed by atoms with E-state index in [0.717, 1.165) is 25.7 Å². The van der Waals surface area contributed by atoms with Gasteiger partial charge < -0.3 is 10.4 Å². The maximum Gasteiger partial charge on any atom is 0.220 e. The van der Waals surface area contributed by atoms with E-state index in [9.17, 15) is 4.79 Å². The minimum atomic E-state index is 0.146. The van der Waals surface area contributed by atoms with Gasteiger partial charge >= 0.3 is 0 Å². The summed E-state index contributed by atoms with van der Waals surface area (Å²) in [4.78, 5) is 11.5. The fourth-order valence-electron chi connectivity index (χ4n) is 1.71. The minimum Gasteiger partial charge on any atom is -0.396 e. The van der Waals surface area contributed by atoms with Crippen LogP contribution in [0.3, 0.4) is 0 Å². The van der Waals surface area contributed by atoms with Crippen molar-refractivity contribution in [2.45, 2.75) is 52.9 Å². The molecule has 0 rings (SSSR count). The van der Waals surface area contributed by atoms with Crippen molar-refractivity contribution < 1.29 is 9.90 Å². The Morgan fingerprint density at radius 3 is 2.44 bits per heavy atom. The Labute approximate surface area is 99.6 Å². The number of carbonyl (C=O) groups excluding carboxylic acids is 1. The quantitative estimate of drug-likeness (QED) is 0.637. The van der Waals surface area contributed by atoms with E-state index < -0.39 is 0 Å². The van der Waals surface area contributed by atoms with E-state index in [1.54, 1.807) is 0 Å². The summed E-state index contributed by atoms with van der Waals surface area (Å²) in [6.07, 6.45) is 4.54. The maximum atomic E-state index is 11.5. The van der Waals surface area contributed by atoms with Crippen LogP contribution in [0.4, 0.5) is 0 Å². The van der Waals surface area contributed by atoms with Crippen molar-refractivity contribution >= 4 is 5.91 Å². The van der Waals surface area contributed by atoms with Crippen molar-refractivity contribution in [3.63, 3.8) is 0 Å². The Morgan fingerprint density at radius 2 is 1.94 bits per heavy atom. The second kappa shape index (κ2) is 9.64. The van der Waals surface area contributed by atoms with Crippen LogP contribution in [0.1, 0.15) is 52.9 Å². The molecule has 0 aromatic carbocycles. The van der Waals surface area contributed by atoms with Crippen LogP contribution in [0.5, 0.6) is 0 Å². The van der Waals surface area contributed by atoms with Crippen molar-refractivity contribution in [3.05, 3.63) is 0 Å². The van der Waals surface area contributed by atoms with Crippen LogP contribution in [0.15, 0.2) is 0 Å². The summed E-state index contributed by atoms with van der Waals surface area (Å²) in [6, 6.07) is 0. The molecule has 0 saturated carbocycles. The van der Waals surface area contributed by atoms with Crippen molar-refractivity contribution in [3.8, 4) is 0 Å². The number of rotatable bonds is 9. The molecule has 0 aliphatic heterocycles. The molecule has 0 fully saturated rings. The van der Waals surface area contributed by atoms with Gasteiger partial charge in [-0.2, -0.15) is 0 Å². The van der Waals surface area contributed by atoms with Crippen LogP contribution >= 0.6 is 0 Å². The molecule has 1 unspecified atom stereocenters. The van der Waals surface area contributed by atoms with Gasteiger partial charge in [0, 0.05) is 19.6 Å². The van der Waals surface area contributed by atoms with Crippen molar-refractivity contribution in [1.82, 2.24) is 5.32 Å². The number of hydrogen-bond acceptors (Lipinski definition) is 2. The van der Waals surface area contributed by atoms with Crippen LogP contribution in [-0.2, 0) is 4.79 Å². The van der Waals surface area contributed by atoms with E-state index >= 15 is 0 Å². The molecular weight excluding hydrogens is 202 g/mol. The van der Waals surface area contributed by atoms with Crippen molar-refractivity contribution in [1.29, 1.82) is 0 Å². The lowest BCUT2D eigenvalue weighted by Crippen LogP contribution is -2.29. The second-order valence-electron chi connectivity index (χ2n) is 4.90. The first kappa shape index (κ1) is 15.4. The average molecular weight is 229 g/mol. The molecule has 0 aliphatic carbocycles. The van der Waals surface area contributed by atoms with E-state index in [1.165, 1.54) is 0 Å². The summed E-state index contributed by atoms with van der Waals surface area (Å²) in [6.45, 7) is 7.31. The Kier molecular flexibility index (Phi) is 9.30. The highest BCUT2D eigenvalue weighted by Gasteiger charge is 2.09. The molecule has 0 spiro atoms. The fraction of sp³-hybridized carbons (Fsp3) is 0.923. The average Bonchev–Trinajstić information content (AvgIpc) is 2.23. The molecule has 0 heterocycles. The second-order valence-corrected chi connectivity index (χ2v) is 4.90. The highest BCUT2D eigenvalue weighted by Crippen LogP contribution is 2.09. The van der Waals surface area contributed by atoms with Crippen LogP contribution in [0, 0.1) is 11.8 Å². The number of nitrogens with one attached hydrogen (secondary N) is 1. The monoisotopic (exact) mass is 229 g/mol. The van der Waals surface area contributed by atoms with Crippen LogP contribution in [-0.4, -0.2) is 24.2 Å². The summed E-state index contributed by atoms with van der Waals surface area (Å²) in [5.74, 6) is 1.15. The van der Waals surface area contributed by atoms with Crippen molar-refractivity contribution in [2.75, 3.05) is 13.2 Å². The number of hydrogen-bond donors (Lipinski definition) is 2. The summed E-state index contributed by atoms with van der Waals surface area (Å²) in [5, 5.41) is 11.8. The molecule has 3 heteroatoms. The van der Waals surface area contributed by atoms with Gasteiger partial charge in [0.1, 0.15) is 0 Å². The van der Waals surface area contributed by atoms with Gasteiger partial charge in [0.2, 0.25) is 5.91 Å². The normalized spacial score (nSPS) is 12.8. The van der Waals surface area contributed by atoms with Crippen LogP contribution in [0.25, 0.3) is 0 Å². The first-order chi connectivity index (χ1) is 7.60. The zero-order chi connectivity index (χ0) is 12.4. The van der Waals surface area contributed by atoms with Crippen molar-refractivity contribution in [2.24, 2.45) is 11.8 Å². The number of carbonyl (C=O) groups is 1. The highest BCUT2D eigenvalue weighted by molar-refractivity contribution is 5.75. The Balaban J connectivity index is 3.68. The predicted octanol–water partition coefficient (Wildman–Crippen LogP) is 2.34. The number of aliphatic hydroxyl groups excluding tert-OH is 1. The van der Waals surface area contributed by atoms with Gasteiger partial charge in [0.05, 0.1) is 0 Å². The van der Waals surface area contributed by atoms with Gasteiger partial charge in [0.25, 0.3) is 0 Å². The molecular formula is C13H27NO2. The largest absolute Gasteiger partial charge is 0.396 e. The molecule has 96 valence electrons. The topological polar surface area (TPSA) is 49.3 Å². The minimum absolute atomic E-state index is 0.146. The molecule has 0 aromatic rings. The van der Waals surface area contributed by atoms with Gasteiger partial charge in [-0.25, -0.2) is 0 Å². The van der Waals surface area contributed by atoms with Gasteiger partial charge in [-0.05, 0) is 31.1 Å². The Hall–Kier alpha value is -0.570. The summed E-state index contributed by atoms with van der Waals surface area (Å²) >= 11 is 0. The first-order valence-corrected chi connectivity index (χ1v) is 6.47. The zero-order valence-corrected chi connectivity index (χ0v) is 11.0. The molecule has 0 saturated heterocycles. The van der Waals surface area contributed by atoms with Gasteiger partial charge in [-0.1, -0.05) is 27.2 Å². The maximum absolute atomic E-state index is 11.5. The van der Waals surface area contributed by atoms with E-state index in [2.05, 4.69) is 26.1 Å². The highest BCUT2D eigenvalue weighted by atomic mass is 16.3. The zero-order valence-electron chi connectivity index (χ0n) is 11.0. The summed E-state index contributed by atoms with van der Waals surface area (Å²) in [5.41, 5.74) is 0. The fourth-order valence-corrected chi connectivity index (χ4v) is 1.71. The van der Waals surface area contributed by atoms with E-state index in [4.69, 9.17) is 5.11 Å². The number of amides is 1. The van der Waals surface area contributed by atoms with Gasteiger partial charge in [-0.15, -0.1) is 0 Å². The smallest absolute Gasteiger partial charge is 0.220 e. The number of aliphatic hydroxyl groups is 1. The third-order valence-electron chi connectivity index (χ3n) is 2.77. The van der Waals surface area contributed by atoms with Crippen LogP contribution in [0.2, 0.25) is 0 Å². The Morgan fingerprint density at radius 1 is 1.25 bits per heavy atom. The summed E-state index contributed by atoms with van der Waals surface area (Å²) in [7, 11) is 0. The molecule has 1 atom stereocenters. The van der Waals surface area contributed by atoms with Gasteiger partial charge in [0.15, 0.2) is 0 Å². The molecule has 0 aliphatic rings. The molecule has 0 aromatic heterocycles. The molecule has 0 radical (unpaired) electrons. The van der Waals surface area contributed by atoms with E-state index in [1.807, 2.05) is 0 Å². The summed E-state index contributed by atoms with van der Waals surface area (Å²) < 4.78 is 0. The third-order valence-corrected chi connectivity index (χ3v) is 2.77.